The molecule has 2 aromatic carbocycles. The van der Waals surface area contributed by atoms with Crippen LogP contribution in [0.15, 0.2) is 147 Å². The van der Waals surface area contributed by atoms with Crippen LogP contribution < -0.4 is 14.2 Å². The van der Waals surface area contributed by atoms with Crippen molar-refractivity contribution in [1.82, 2.24) is 15.0 Å². The Hall–Kier alpha value is -6.48. The molecule has 0 saturated heterocycles. The summed E-state index contributed by atoms with van der Waals surface area (Å²) >= 11 is 0. The number of rotatable bonds is 11. The zero-order valence-electron chi connectivity index (χ0n) is 27.8. The Morgan fingerprint density at radius 1 is 0.549 bits per heavy atom. The van der Waals surface area contributed by atoms with Crippen molar-refractivity contribution < 1.29 is 28.6 Å². The van der Waals surface area contributed by atoms with Crippen molar-refractivity contribution in [3.8, 4) is 39.8 Å². The first kappa shape index (κ1) is 34.4. The van der Waals surface area contributed by atoms with Crippen molar-refractivity contribution >= 4 is 23.5 Å². The molecule has 51 heavy (non-hydrogen) atoms. The molecule has 1 saturated carbocycles. The molecule has 6 rings (SSSR count). The minimum atomic E-state index is -0.796. The molecule has 0 N–H and O–H groups in total. The van der Waals surface area contributed by atoms with E-state index >= 15 is 0 Å². The number of allylic oxidation sites excluding steroid dienone is 4. The van der Waals surface area contributed by atoms with Gasteiger partial charge in [-0.2, -0.15) is 0 Å². The van der Waals surface area contributed by atoms with Gasteiger partial charge in [0.25, 0.3) is 0 Å². The summed E-state index contributed by atoms with van der Waals surface area (Å²) in [5, 5.41) is 0. The van der Waals surface area contributed by atoms with E-state index in [0.29, 0.717) is 5.69 Å². The fraction of sp³-hybridized carbons (Fsp3) is 0.143. The molecule has 1 fully saturated rings. The quantitative estimate of drug-likeness (QED) is 0.101. The van der Waals surface area contributed by atoms with Crippen molar-refractivity contribution in [2.75, 3.05) is 0 Å². The Bertz CT molecular complexity index is 1920. The van der Waals surface area contributed by atoms with Crippen LogP contribution in [0.3, 0.4) is 0 Å². The zero-order chi connectivity index (χ0) is 35.6. The largest absolute Gasteiger partial charge is 0.425 e. The summed E-state index contributed by atoms with van der Waals surface area (Å²) in [5.41, 5.74) is 4.69. The van der Waals surface area contributed by atoms with Gasteiger partial charge in [0.15, 0.2) is 0 Å². The first-order valence-electron chi connectivity index (χ1n) is 16.5. The van der Waals surface area contributed by atoms with Gasteiger partial charge in [0.2, 0.25) is 0 Å². The summed E-state index contributed by atoms with van der Waals surface area (Å²) in [6.45, 7) is 7.49. The zero-order valence-corrected chi connectivity index (χ0v) is 27.8. The molecule has 5 aromatic rings. The van der Waals surface area contributed by atoms with Crippen LogP contribution >= 0.6 is 0 Å². The number of hydrogen-bond donors (Lipinski definition) is 0. The average molecular weight is 678 g/mol. The van der Waals surface area contributed by atoms with Crippen molar-refractivity contribution in [3.63, 3.8) is 0 Å². The molecule has 1 aliphatic carbocycles. The molecular formula is C42H35N3O6. The van der Waals surface area contributed by atoms with Crippen molar-refractivity contribution in [3.05, 3.63) is 153 Å². The molecule has 3 aromatic heterocycles. The Kier molecular flexibility index (Phi) is 11.0. The van der Waals surface area contributed by atoms with E-state index in [1.54, 1.807) is 54.6 Å². The number of carbonyl (C=O) groups is 3. The van der Waals surface area contributed by atoms with Crippen molar-refractivity contribution in [2.45, 2.75) is 19.3 Å². The average Bonchev–Trinajstić information content (AvgIpc) is 3.18. The SMILES string of the molecule is C=C/C=C(\C=C)c1ccc(OC(=O)C2CC(C(=O)Oc3ccc(-c4ccccc4)nc3)CC(C(=O)Oc3ccc(-c4ccccc4)nc3)C2)cn1. The van der Waals surface area contributed by atoms with Crippen LogP contribution in [0.25, 0.3) is 28.1 Å². The Balaban J connectivity index is 1.17. The van der Waals surface area contributed by atoms with Gasteiger partial charge in [-0.25, -0.2) is 0 Å². The first-order chi connectivity index (χ1) is 24.9. The number of pyridine rings is 3. The summed E-state index contributed by atoms with van der Waals surface area (Å²) in [4.78, 5) is 53.8. The second-order valence-electron chi connectivity index (χ2n) is 12.0. The van der Waals surface area contributed by atoms with E-state index in [9.17, 15) is 14.4 Å². The second-order valence-corrected chi connectivity index (χ2v) is 12.0. The third kappa shape index (κ3) is 8.76. The number of esters is 3. The number of benzene rings is 2. The third-order valence-corrected chi connectivity index (χ3v) is 8.52. The lowest BCUT2D eigenvalue weighted by Crippen LogP contribution is -2.39. The number of aromatic nitrogens is 3. The van der Waals surface area contributed by atoms with Crippen LogP contribution in [0.5, 0.6) is 17.2 Å². The minimum Gasteiger partial charge on any atom is -0.425 e. The Morgan fingerprint density at radius 2 is 0.961 bits per heavy atom. The van der Waals surface area contributed by atoms with Gasteiger partial charge in [0.05, 0.1) is 53.4 Å². The van der Waals surface area contributed by atoms with Crippen LogP contribution in [0.1, 0.15) is 25.0 Å². The molecule has 9 nitrogen and oxygen atoms in total. The fourth-order valence-corrected chi connectivity index (χ4v) is 5.93. The van der Waals surface area contributed by atoms with Crippen LogP contribution in [0, 0.1) is 17.8 Å². The number of hydrogen-bond acceptors (Lipinski definition) is 9. The van der Waals surface area contributed by atoms with Crippen LogP contribution in [-0.2, 0) is 14.4 Å². The molecule has 2 atom stereocenters. The highest BCUT2D eigenvalue weighted by atomic mass is 16.5. The number of ether oxygens (including phenoxy) is 3. The fourth-order valence-electron chi connectivity index (χ4n) is 5.93. The van der Waals surface area contributed by atoms with E-state index < -0.39 is 35.7 Å². The van der Waals surface area contributed by atoms with Gasteiger partial charge in [0, 0.05) is 11.1 Å². The maximum atomic E-state index is 13.5. The summed E-state index contributed by atoms with van der Waals surface area (Å²) in [7, 11) is 0. The van der Waals surface area contributed by atoms with Crippen LogP contribution in [0.2, 0.25) is 0 Å². The van der Waals surface area contributed by atoms with Gasteiger partial charge in [-0.3, -0.25) is 29.3 Å². The van der Waals surface area contributed by atoms with Gasteiger partial charge in [-0.15, -0.1) is 0 Å². The highest BCUT2D eigenvalue weighted by Gasteiger charge is 2.41. The van der Waals surface area contributed by atoms with E-state index in [-0.39, 0.29) is 36.5 Å². The molecule has 0 spiro atoms. The van der Waals surface area contributed by atoms with E-state index in [4.69, 9.17) is 14.2 Å². The molecule has 2 unspecified atom stereocenters. The molecule has 0 aliphatic heterocycles. The van der Waals surface area contributed by atoms with Crippen molar-refractivity contribution in [1.29, 1.82) is 0 Å². The van der Waals surface area contributed by atoms with Crippen molar-refractivity contribution in [2.24, 2.45) is 17.8 Å². The maximum absolute atomic E-state index is 13.5. The molecule has 0 amide bonds. The van der Waals surface area contributed by atoms with Gasteiger partial charge < -0.3 is 14.2 Å². The predicted molar refractivity (Wildman–Crippen MR) is 193 cm³/mol. The van der Waals surface area contributed by atoms with Gasteiger partial charge >= 0.3 is 17.9 Å². The molecule has 1 aliphatic rings. The monoisotopic (exact) mass is 677 g/mol. The standard InChI is InChI=1S/C42H35N3O6/c1-3-11-28(4-2)37-19-16-34(25-43-37)49-40(46)31-22-32(41(47)50-35-17-20-38(44-26-35)29-12-7-5-8-13-29)24-33(23-31)42(48)51-36-18-21-39(45-27-36)30-14-9-6-10-15-30/h3-21,25-27,31-33H,1-2,22-24H2/b28-11+. The first-order valence-corrected chi connectivity index (χ1v) is 16.5. The Morgan fingerprint density at radius 3 is 1.29 bits per heavy atom. The van der Waals surface area contributed by atoms with E-state index in [1.807, 2.05) is 60.7 Å². The predicted octanol–water partition coefficient (Wildman–Crippen LogP) is 8.11. The number of carbonyl (C=O) groups excluding carboxylic acids is 3. The lowest BCUT2D eigenvalue weighted by Gasteiger charge is -2.31. The lowest BCUT2D eigenvalue weighted by molar-refractivity contribution is -0.150. The van der Waals surface area contributed by atoms with Gasteiger partial charge in [0.1, 0.15) is 17.2 Å². The minimum absolute atomic E-state index is 0.124. The third-order valence-electron chi connectivity index (χ3n) is 8.52. The maximum Gasteiger partial charge on any atom is 0.314 e. The molecule has 3 heterocycles. The highest BCUT2D eigenvalue weighted by molar-refractivity contribution is 5.83. The topological polar surface area (TPSA) is 118 Å². The molecule has 0 radical (unpaired) electrons. The summed E-state index contributed by atoms with van der Waals surface area (Å²) in [5.74, 6) is -3.39. The van der Waals surface area contributed by atoms with Crippen LogP contribution in [-0.4, -0.2) is 32.9 Å². The second kappa shape index (κ2) is 16.3. The molecule has 254 valence electrons. The van der Waals surface area contributed by atoms with Gasteiger partial charge in [-0.05, 0) is 61.2 Å². The smallest absolute Gasteiger partial charge is 0.314 e. The highest BCUT2D eigenvalue weighted by Crippen LogP contribution is 2.37. The summed E-state index contributed by atoms with van der Waals surface area (Å²) in [6.07, 6.45) is 9.81. The molecule has 9 heteroatoms. The molecule has 0 bridgehead atoms. The molecular weight excluding hydrogens is 642 g/mol. The van der Waals surface area contributed by atoms with E-state index in [2.05, 4.69) is 28.1 Å². The lowest BCUT2D eigenvalue weighted by atomic mass is 9.75. The summed E-state index contributed by atoms with van der Waals surface area (Å²) < 4.78 is 17.1. The van der Waals surface area contributed by atoms with E-state index in [1.165, 1.54) is 18.6 Å². The Labute approximate surface area is 296 Å². The summed E-state index contributed by atoms with van der Waals surface area (Å²) in [6, 6.07) is 29.4. The normalized spacial score (nSPS) is 17.1. The number of nitrogens with zero attached hydrogens (tertiary/aromatic N) is 3. The van der Waals surface area contributed by atoms with Gasteiger partial charge in [-0.1, -0.05) is 92.0 Å². The van der Waals surface area contributed by atoms with E-state index in [0.717, 1.165) is 28.1 Å². The van der Waals surface area contributed by atoms with Crippen LogP contribution in [0.4, 0.5) is 0 Å².